The van der Waals surface area contributed by atoms with E-state index in [4.69, 9.17) is 0 Å². The molecule has 0 aliphatic heterocycles. The maximum absolute atomic E-state index is 10.7. The number of aromatic nitrogens is 2. The number of rotatable bonds is 2. The van der Waals surface area contributed by atoms with Crippen LogP contribution in [-0.2, 0) is 0 Å². The summed E-state index contributed by atoms with van der Waals surface area (Å²) < 4.78 is 4.62. The van der Waals surface area contributed by atoms with Crippen LogP contribution in [0.3, 0.4) is 0 Å². The summed E-state index contributed by atoms with van der Waals surface area (Å²) in [6.45, 7) is 0. The molecule has 0 bridgehead atoms. The lowest BCUT2D eigenvalue weighted by Crippen LogP contribution is -1.92. The number of hydrogen-bond acceptors (Lipinski definition) is 5. The summed E-state index contributed by atoms with van der Waals surface area (Å²) in [7, 11) is 0. The average Bonchev–Trinajstić information content (AvgIpc) is 2.65. The molecule has 1 aromatic carbocycles. The molecule has 0 aliphatic rings. The minimum absolute atomic E-state index is 0.0165. The van der Waals surface area contributed by atoms with Crippen molar-refractivity contribution in [2.45, 2.75) is 0 Å². The van der Waals surface area contributed by atoms with Gasteiger partial charge in [-0.2, -0.15) is 4.37 Å². The molecule has 2 rings (SSSR count). The predicted octanol–water partition coefficient (Wildman–Crippen LogP) is 2.88. The van der Waals surface area contributed by atoms with E-state index in [1.165, 1.54) is 6.07 Å². The highest BCUT2D eigenvalue weighted by molar-refractivity contribution is 9.11. The van der Waals surface area contributed by atoms with Crippen molar-refractivity contribution >= 4 is 33.1 Å². The van der Waals surface area contributed by atoms with Gasteiger partial charge in [-0.15, -0.1) is 0 Å². The van der Waals surface area contributed by atoms with Crippen LogP contribution in [0.25, 0.3) is 11.4 Å². The third-order valence-electron chi connectivity index (χ3n) is 1.74. The maximum atomic E-state index is 10.7. The molecule has 1 aromatic heterocycles. The number of nitrogens with zero attached hydrogens (tertiary/aromatic N) is 3. The molecule has 15 heavy (non-hydrogen) atoms. The van der Waals surface area contributed by atoms with E-state index in [1.807, 2.05) is 0 Å². The Morgan fingerprint density at radius 2 is 2.13 bits per heavy atom. The Hall–Kier alpha value is -1.34. The van der Waals surface area contributed by atoms with Gasteiger partial charge in [0.15, 0.2) is 9.74 Å². The van der Waals surface area contributed by atoms with Crippen LogP contribution >= 0.6 is 27.5 Å². The van der Waals surface area contributed by atoms with Gasteiger partial charge in [0.2, 0.25) is 0 Å². The van der Waals surface area contributed by atoms with Gasteiger partial charge in [-0.05, 0) is 33.5 Å². The quantitative estimate of drug-likeness (QED) is 0.628. The lowest BCUT2D eigenvalue weighted by atomic mass is 10.2. The van der Waals surface area contributed by atoms with Crippen LogP contribution in [0, 0.1) is 10.1 Å². The average molecular weight is 286 g/mol. The molecule has 0 amide bonds. The second-order valence-corrected chi connectivity index (χ2v) is 4.67. The van der Waals surface area contributed by atoms with E-state index in [2.05, 4.69) is 25.3 Å². The summed E-state index contributed by atoms with van der Waals surface area (Å²) in [5.41, 5.74) is 0.451. The third-order valence-corrected chi connectivity index (χ3v) is 2.86. The van der Waals surface area contributed by atoms with Gasteiger partial charge in [0.05, 0.1) is 10.5 Å². The fraction of sp³-hybridized carbons (Fsp3) is 0. The molecular weight excluding hydrogens is 282 g/mol. The van der Waals surface area contributed by atoms with Crippen molar-refractivity contribution in [3.8, 4) is 11.4 Å². The van der Waals surface area contributed by atoms with Gasteiger partial charge >= 0.3 is 0 Å². The normalized spacial score (nSPS) is 10.2. The molecule has 2 aromatic rings. The van der Waals surface area contributed by atoms with Crippen molar-refractivity contribution in [2.75, 3.05) is 0 Å². The molecule has 5 nitrogen and oxygen atoms in total. The van der Waals surface area contributed by atoms with E-state index in [0.717, 1.165) is 11.5 Å². The van der Waals surface area contributed by atoms with E-state index in [0.29, 0.717) is 15.3 Å². The standard InChI is InChI=1S/C8H4BrN3O2S/c9-8-10-7(11-15-8)5-3-1-2-4-6(5)12(13)14/h1-4H. The largest absolute Gasteiger partial charge is 0.280 e. The first-order chi connectivity index (χ1) is 7.18. The monoisotopic (exact) mass is 285 g/mol. The molecule has 0 N–H and O–H groups in total. The lowest BCUT2D eigenvalue weighted by molar-refractivity contribution is -0.384. The van der Waals surface area contributed by atoms with E-state index >= 15 is 0 Å². The molecule has 0 saturated heterocycles. The zero-order valence-electron chi connectivity index (χ0n) is 7.25. The number of benzene rings is 1. The number of para-hydroxylation sites is 1. The minimum Gasteiger partial charge on any atom is -0.258 e. The van der Waals surface area contributed by atoms with Crippen molar-refractivity contribution in [1.29, 1.82) is 0 Å². The summed E-state index contributed by atoms with van der Waals surface area (Å²) in [6, 6.07) is 6.40. The Balaban J connectivity index is 2.57. The third kappa shape index (κ3) is 2.02. The van der Waals surface area contributed by atoms with E-state index in [9.17, 15) is 10.1 Å². The van der Waals surface area contributed by atoms with Gasteiger partial charge in [-0.25, -0.2) is 4.98 Å². The Morgan fingerprint density at radius 1 is 1.40 bits per heavy atom. The second-order valence-electron chi connectivity index (χ2n) is 2.65. The van der Waals surface area contributed by atoms with Crippen molar-refractivity contribution in [1.82, 2.24) is 9.36 Å². The first-order valence-corrected chi connectivity index (χ1v) is 5.48. The lowest BCUT2D eigenvalue weighted by Gasteiger charge is -1.96. The molecule has 0 saturated carbocycles. The van der Waals surface area contributed by atoms with Crippen LogP contribution in [0.1, 0.15) is 0 Å². The summed E-state index contributed by atoms with van der Waals surface area (Å²) >= 11 is 4.32. The highest BCUT2D eigenvalue weighted by Crippen LogP contribution is 2.29. The zero-order valence-corrected chi connectivity index (χ0v) is 9.66. The molecule has 0 radical (unpaired) electrons. The van der Waals surface area contributed by atoms with E-state index in [1.54, 1.807) is 18.2 Å². The van der Waals surface area contributed by atoms with Crippen LogP contribution < -0.4 is 0 Å². The van der Waals surface area contributed by atoms with Crippen molar-refractivity contribution in [3.05, 3.63) is 38.3 Å². The van der Waals surface area contributed by atoms with Crippen LogP contribution in [0.2, 0.25) is 0 Å². The molecule has 1 heterocycles. The highest BCUT2D eigenvalue weighted by Gasteiger charge is 2.17. The van der Waals surface area contributed by atoms with Crippen LogP contribution in [0.15, 0.2) is 28.2 Å². The Labute approximate surface area is 97.2 Å². The van der Waals surface area contributed by atoms with Gasteiger partial charge in [0.1, 0.15) is 0 Å². The fourth-order valence-electron chi connectivity index (χ4n) is 1.14. The first-order valence-electron chi connectivity index (χ1n) is 3.91. The van der Waals surface area contributed by atoms with E-state index < -0.39 is 4.92 Å². The first kappa shape index (κ1) is 10.2. The Bertz CT molecular complexity index is 514. The Morgan fingerprint density at radius 3 is 2.73 bits per heavy atom. The van der Waals surface area contributed by atoms with Gasteiger partial charge in [0.25, 0.3) is 5.69 Å². The van der Waals surface area contributed by atoms with Crippen molar-refractivity contribution in [2.24, 2.45) is 0 Å². The second kappa shape index (κ2) is 4.03. The number of nitro groups is 1. The summed E-state index contributed by atoms with van der Waals surface area (Å²) in [5, 5.41) is 10.7. The van der Waals surface area contributed by atoms with Gasteiger partial charge in [0, 0.05) is 6.07 Å². The molecule has 0 atom stereocenters. The van der Waals surface area contributed by atoms with Crippen molar-refractivity contribution in [3.63, 3.8) is 0 Å². The number of nitro benzene ring substituents is 1. The minimum atomic E-state index is -0.440. The molecular formula is C8H4BrN3O2S. The molecule has 0 aliphatic carbocycles. The molecule has 7 heteroatoms. The summed E-state index contributed by atoms with van der Waals surface area (Å²) in [5.74, 6) is 0.374. The molecule has 0 fully saturated rings. The smallest absolute Gasteiger partial charge is 0.258 e. The predicted molar refractivity (Wildman–Crippen MR) is 59.7 cm³/mol. The number of hydrogen-bond donors (Lipinski definition) is 0. The van der Waals surface area contributed by atoms with Gasteiger partial charge in [-0.1, -0.05) is 12.1 Å². The topological polar surface area (TPSA) is 68.9 Å². The molecule has 0 unspecified atom stereocenters. The number of halogens is 1. The van der Waals surface area contributed by atoms with E-state index in [-0.39, 0.29) is 5.69 Å². The van der Waals surface area contributed by atoms with Gasteiger partial charge < -0.3 is 0 Å². The Kier molecular flexibility index (Phi) is 2.74. The SMILES string of the molecule is O=[N+]([O-])c1ccccc1-c1nsc(Br)n1. The molecule has 0 spiro atoms. The fourth-order valence-corrected chi connectivity index (χ4v) is 1.95. The summed E-state index contributed by atoms with van der Waals surface area (Å²) in [4.78, 5) is 14.3. The van der Waals surface area contributed by atoms with Gasteiger partial charge in [-0.3, -0.25) is 10.1 Å². The maximum Gasteiger partial charge on any atom is 0.280 e. The van der Waals surface area contributed by atoms with Crippen molar-refractivity contribution < 1.29 is 4.92 Å². The van der Waals surface area contributed by atoms with Crippen LogP contribution in [-0.4, -0.2) is 14.3 Å². The molecule has 76 valence electrons. The van der Waals surface area contributed by atoms with Crippen LogP contribution in [0.5, 0.6) is 0 Å². The highest BCUT2D eigenvalue weighted by atomic mass is 79.9. The summed E-state index contributed by atoms with van der Waals surface area (Å²) in [6.07, 6.45) is 0. The van der Waals surface area contributed by atoms with Crippen LogP contribution in [0.4, 0.5) is 5.69 Å². The zero-order chi connectivity index (χ0) is 10.8.